The predicted octanol–water partition coefficient (Wildman–Crippen LogP) is -1.74. The normalized spacial score (nSPS) is 25.0. The summed E-state index contributed by atoms with van der Waals surface area (Å²) in [6, 6.07) is 0. The molecule has 26 heavy (non-hydrogen) atoms. The standard InChI is InChI=1S/C14H31BN4O6S/c1-4-19(13(2,3)9-16)26(24,25)18-8-11(6-5-7-15(22)23)14(17,10-18)12(20)21/h11,22-23H,4-10,16-17H2,1-3H3,(H,20,21)/t11-,14-/m0/s1. The second kappa shape index (κ2) is 8.51. The second-order valence-electron chi connectivity index (χ2n) is 7.44. The number of aliphatic carboxylic acids is 1. The number of rotatable bonds is 10. The molecule has 0 saturated carbocycles. The summed E-state index contributed by atoms with van der Waals surface area (Å²) in [4.78, 5) is 11.7. The van der Waals surface area contributed by atoms with Crippen LogP contribution in [-0.4, -0.2) is 82.5 Å². The fraction of sp³-hybridized carbons (Fsp3) is 0.929. The van der Waals surface area contributed by atoms with Crippen molar-refractivity contribution >= 4 is 23.3 Å². The van der Waals surface area contributed by atoms with Gasteiger partial charge in [-0.15, -0.1) is 0 Å². The molecule has 0 radical (unpaired) electrons. The van der Waals surface area contributed by atoms with Gasteiger partial charge in [-0.05, 0) is 26.6 Å². The molecule has 12 heteroatoms. The predicted molar refractivity (Wildman–Crippen MR) is 98.3 cm³/mol. The summed E-state index contributed by atoms with van der Waals surface area (Å²) < 4.78 is 28.5. The smallest absolute Gasteiger partial charge is 0.451 e. The molecule has 1 rings (SSSR count). The number of hydrogen-bond donors (Lipinski definition) is 5. The maximum Gasteiger partial charge on any atom is 0.451 e. The summed E-state index contributed by atoms with van der Waals surface area (Å²) in [6.45, 7) is 5.03. The summed E-state index contributed by atoms with van der Waals surface area (Å²) in [5.74, 6) is -1.90. The van der Waals surface area contributed by atoms with E-state index in [9.17, 15) is 18.3 Å². The lowest BCUT2D eigenvalue weighted by Gasteiger charge is -2.38. The van der Waals surface area contributed by atoms with Crippen molar-refractivity contribution in [2.24, 2.45) is 17.4 Å². The topological polar surface area (TPSA) is 170 Å². The Hall–Kier alpha value is -0.755. The Kier molecular flexibility index (Phi) is 7.62. The van der Waals surface area contributed by atoms with E-state index in [0.717, 1.165) is 4.31 Å². The SMILES string of the molecule is CCN(C(C)(C)CN)S(=O)(=O)N1C[C@H](CCCB(O)O)[C@](N)(C(=O)O)C1. The van der Waals surface area contributed by atoms with Gasteiger partial charge in [-0.3, -0.25) is 4.79 Å². The Balaban J connectivity index is 3.09. The summed E-state index contributed by atoms with van der Waals surface area (Å²) in [7, 11) is -5.45. The van der Waals surface area contributed by atoms with Crippen LogP contribution in [-0.2, 0) is 15.0 Å². The first-order valence-corrected chi connectivity index (χ1v) is 10.1. The number of nitrogens with zero attached hydrogens (tertiary/aromatic N) is 2. The average Bonchev–Trinajstić information content (AvgIpc) is 2.86. The molecule has 1 saturated heterocycles. The van der Waals surface area contributed by atoms with Crippen LogP contribution in [0.2, 0.25) is 6.32 Å². The van der Waals surface area contributed by atoms with Crippen LogP contribution in [0.4, 0.5) is 0 Å². The van der Waals surface area contributed by atoms with Gasteiger partial charge in [0.1, 0.15) is 5.54 Å². The quantitative estimate of drug-likeness (QED) is 0.272. The van der Waals surface area contributed by atoms with E-state index in [1.54, 1.807) is 20.8 Å². The van der Waals surface area contributed by atoms with Crippen LogP contribution in [0.1, 0.15) is 33.6 Å². The summed E-state index contributed by atoms with van der Waals surface area (Å²) >= 11 is 0. The third kappa shape index (κ3) is 4.74. The van der Waals surface area contributed by atoms with Crippen LogP contribution in [0, 0.1) is 5.92 Å². The first kappa shape index (κ1) is 23.3. The highest BCUT2D eigenvalue weighted by molar-refractivity contribution is 7.86. The van der Waals surface area contributed by atoms with E-state index < -0.39 is 40.3 Å². The minimum Gasteiger partial charge on any atom is -0.480 e. The fourth-order valence-corrected chi connectivity index (χ4v) is 5.40. The molecule has 0 aromatic rings. The Labute approximate surface area is 155 Å². The molecule has 1 heterocycles. The molecule has 0 bridgehead atoms. The van der Waals surface area contributed by atoms with Crippen molar-refractivity contribution in [3.63, 3.8) is 0 Å². The molecule has 0 aromatic carbocycles. The maximum atomic E-state index is 13.1. The molecule has 0 amide bonds. The lowest BCUT2D eigenvalue weighted by atomic mass is 9.78. The molecule has 0 aromatic heterocycles. The van der Waals surface area contributed by atoms with Gasteiger partial charge in [0, 0.05) is 37.6 Å². The molecule has 2 atom stereocenters. The van der Waals surface area contributed by atoms with Gasteiger partial charge in [-0.2, -0.15) is 17.0 Å². The summed E-state index contributed by atoms with van der Waals surface area (Å²) in [6.07, 6.45) is 0.674. The molecule has 7 N–H and O–H groups in total. The van der Waals surface area contributed by atoms with Gasteiger partial charge in [0.25, 0.3) is 10.2 Å². The van der Waals surface area contributed by atoms with E-state index >= 15 is 0 Å². The number of likely N-dealkylation sites (N-methyl/N-ethyl adjacent to an activating group) is 1. The number of carboxylic acid groups (broad SMARTS) is 1. The molecular formula is C14H31BN4O6S. The van der Waals surface area contributed by atoms with Gasteiger partial charge in [-0.25, -0.2) is 0 Å². The first-order chi connectivity index (χ1) is 11.8. The zero-order valence-corrected chi connectivity index (χ0v) is 16.4. The zero-order chi connectivity index (χ0) is 20.3. The van der Waals surface area contributed by atoms with Crippen LogP contribution in [0.5, 0.6) is 0 Å². The van der Waals surface area contributed by atoms with Gasteiger partial charge in [-0.1, -0.05) is 13.3 Å². The van der Waals surface area contributed by atoms with Crippen LogP contribution in [0.15, 0.2) is 0 Å². The highest BCUT2D eigenvalue weighted by atomic mass is 32.2. The highest BCUT2D eigenvalue weighted by Crippen LogP contribution is 2.34. The molecule has 1 aliphatic heterocycles. The number of carboxylic acids is 1. The van der Waals surface area contributed by atoms with Gasteiger partial charge < -0.3 is 26.6 Å². The molecule has 0 spiro atoms. The first-order valence-electron chi connectivity index (χ1n) is 8.69. The molecule has 1 fully saturated rings. The van der Waals surface area contributed by atoms with Crippen molar-refractivity contribution in [1.29, 1.82) is 0 Å². The number of nitrogens with two attached hydrogens (primary N) is 2. The number of carbonyl (C=O) groups is 1. The van der Waals surface area contributed by atoms with Crippen LogP contribution < -0.4 is 11.5 Å². The van der Waals surface area contributed by atoms with Crippen molar-refractivity contribution in [2.75, 3.05) is 26.2 Å². The van der Waals surface area contributed by atoms with Crippen molar-refractivity contribution in [3.05, 3.63) is 0 Å². The highest BCUT2D eigenvalue weighted by Gasteiger charge is 2.54. The lowest BCUT2D eigenvalue weighted by Crippen LogP contribution is -2.58. The van der Waals surface area contributed by atoms with Gasteiger partial charge in [0.2, 0.25) is 0 Å². The average molecular weight is 394 g/mol. The van der Waals surface area contributed by atoms with Crippen LogP contribution >= 0.6 is 0 Å². The Bertz CT molecular complexity index is 602. The van der Waals surface area contributed by atoms with E-state index in [1.807, 2.05) is 0 Å². The monoisotopic (exact) mass is 394 g/mol. The van der Waals surface area contributed by atoms with Crippen LogP contribution in [0.3, 0.4) is 0 Å². The molecule has 10 nitrogen and oxygen atoms in total. The zero-order valence-electron chi connectivity index (χ0n) is 15.6. The fourth-order valence-electron chi connectivity index (χ4n) is 3.35. The minimum atomic E-state index is -3.95. The third-order valence-corrected chi connectivity index (χ3v) is 7.31. The second-order valence-corrected chi connectivity index (χ2v) is 9.29. The van der Waals surface area contributed by atoms with Gasteiger partial charge >= 0.3 is 13.1 Å². The van der Waals surface area contributed by atoms with Gasteiger partial charge in [0.05, 0.1) is 0 Å². The van der Waals surface area contributed by atoms with E-state index in [4.69, 9.17) is 21.5 Å². The molecule has 1 aliphatic rings. The van der Waals surface area contributed by atoms with Crippen molar-refractivity contribution < 1.29 is 28.4 Å². The Morgan fingerprint density at radius 1 is 1.42 bits per heavy atom. The molecular weight excluding hydrogens is 363 g/mol. The van der Waals surface area contributed by atoms with Crippen LogP contribution in [0.25, 0.3) is 0 Å². The lowest BCUT2D eigenvalue weighted by molar-refractivity contribution is -0.144. The molecule has 152 valence electrons. The largest absolute Gasteiger partial charge is 0.480 e. The van der Waals surface area contributed by atoms with E-state index in [1.165, 1.54) is 4.31 Å². The van der Waals surface area contributed by atoms with Crippen molar-refractivity contribution in [3.8, 4) is 0 Å². The van der Waals surface area contributed by atoms with E-state index in [-0.39, 0.29) is 38.9 Å². The summed E-state index contributed by atoms with van der Waals surface area (Å²) in [5, 5.41) is 27.5. The number of hydrogen-bond acceptors (Lipinski definition) is 7. The third-order valence-electron chi connectivity index (χ3n) is 5.07. The van der Waals surface area contributed by atoms with Crippen molar-refractivity contribution in [2.45, 2.75) is 51.0 Å². The Morgan fingerprint density at radius 2 is 2.00 bits per heavy atom. The van der Waals surface area contributed by atoms with E-state index in [0.29, 0.717) is 6.42 Å². The summed E-state index contributed by atoms with van der Waals surface area (Å²) in [5.41, 5.74) is 9.22. The van der Waals surface area contributed by atoms with E-state index in [2.05, 4.69) is 0 Å². The van der Waals surface area contributed by atoms with Gasteiger partial charge in [0.15, 0.2) is 0 Å². The maximum absolute atomic E-state index is 13.1. The van der Waals surface area contributed by atoms with Crippen molar-refractivity contribution in [1.82, 2.24) is 8.61 Å². The minimum absolute atomic E-state index is 0.0379. The molecule has 0 unspecified atom stereocenters. The Morgan fingerprint density at radius 3 is 2.42 bits per heavy atom. The molecule has 0 aliphatic carbocycles.